The quantitative estimate of drug-likeness (QED) is 0.799. The molecule has 110 valence electrons. The van der Waals surface area contributed by atoms with Crippen molar-refractivity contribution in [3.05, 3.63) is 27.0 Å². The highest BCUT2D eigenvalue weighted by atomic mass is 79.9. The lowest BCUT2D eigenvalue weighted by Crippen LogP contribution is -2.41. The zero-order valence-electron chi connectivity index (χ0n) is 10.1. The number of alkyl halides is 3. The Hall–Kier alpha value is -1.25. The lowest BCUT2D eigenvalue weighted by molar-refractivity contribution is 0.403. The second-order valence-electron chi connectivity index (χ2n) is 3.47. The van der Waals surface area contributed by atoms with Gasteiger partial charge in [0.15, 0.2) is 0 Å². The molecular formula is C10H15BrF3N3O2. The minimum Gasteiger partial charge on any atom is -0.377 e. The molecule has 19 heavy (non-hydrogen) atoms. The smallest absolute Gasteiger partial charge is 0.331 e. The first-order valence-electron chi connectivity index (χ1n) is 5.41. The summed E-state index contributed by atoms with van der Waals surface area (Å²) in [7, 11) is 0. The van der Waals surface area contributed by atoms with Crippen molar-refractivity contribution in [3.63, 3.8) is 0 Å². The number of aromatic nitrogens is 2. The normalized spacial score (nSPS) is 10.1. The summed E-state index contributed by atoms with van der Waals surface area (Å²) < 4.78 is 38.2. The van der Waals surface area contributed by atoms with Crippen molar-refractivity contribution in [1.29, 1.82) is 0 Å². The Morgan fingerprint density at radius 3 is 2.21 bits per heavy atom. The van der Waals surface area contributed by atoms with E-state index in [9.17, 15) is 22.8 Å². The zero-order valence-corrected chi connectivity index (χ0v) is 11.8. The molecule has 0 radical (unpaired) electrons. The van der Waals surface area contributed by atoms with E-state index in [1.54, 1.807) is 0 Å². The molecule has 1 N–H and O–H groups in total. The molecule has 0 saturated carbocycles. The van der Waals surface area contributed by atoms with Gasteiger partial charge < -0.3 is 5.32 Å². The molecule has 0 fully saturated rings. The lowest BCUT2D eigenvalue weighted by atomic mass is 10.4. The minimum absolute atomic E-state index is 0. The van der Waals surface area contributed by atoms with Crippen molar-refractivity contribution in [2.24, 2.45) is 0 Å². The SMILES string of the molecule is Br.O=c1c(NCCF)cn(CCF)c(=O)n1CCF. The molecule has 0 aromatic carbocycles. The molecule has 0 aliphatic rings. The number of hydrogen-bond acceptors (Lipinski definition) is 3. The fourth-order valence-electron chi connectivity index (χ4n) is 1.49. The van der Waals surface area contributed by atoms with E-state index < -0.39 is 37.8 Å². The number of nitrogens with zero attached hydrogens (tertiary/aromatic N) is 2. The first-order chi connectivity index (χ1) is 8.65. The zero-order chi connectivity index (χ0) is 13.5. The Morgan fingerprint density at radius 2 is 1.68 bits per heavy atom. The van der Waals surface area contributed by atoms with Crippen molar-refractivity contribution < 1.29 is 13.2 Å². The van der Waals surface area contributed by atoms with Gasteiger partial charge in [0.2, 0.25) is 0 Å². The topological polar surface area (TPSA) is 56.0 Å². The van der Waals surface area contributed by atoms with E-state index >= 15 is 0 Å². The molecule has 1 heterocycles. The third-order valence-corrected chi connectivity index (χ3v) is 2.28. The largest absolute Gasteiger partial charge is 0.377 e. The monoisotopic (exact) mass is 345 g/mol. The third kappa shape index (κ3) is 4.41. The lowest BCUT2D eigenvalue weighted by Gasteiger charge is -2.11. The Labute approximate surface area is 117 Å². The summed E-state index contributed by atoms with van der Waals surface area (Å²) in [5.74, 6) is 0. The highest BCUT2D eigenvalue weighted by molar-refractivity contribution is 8.93. The summed E-state index contributed by atoms with van der Waals surface area (Å²) in [6.07, 6.45) is 1.12. The summed E-state index contributed by atoms with van der Waals surface area (Å²) in [5, 5.41) is 2.47. The maximum Gasteiger partial charge on any atom is 0.331 e. The molecule has 9 heteroatoms. The van der Waals surface area contributed by atoms with Gasteiger partial charge in [0.1, 0.15) is 25.7 Å². The van der Waals surface area contributed by atoms with Crippen molar-refractivity contribution in [3.8, 4) is 0 Å². The van der Waals surface area contributed by atoms with Crippen LogP contribution in [0.25, 0.3) is 0 Å². The summed E-state index contributed by atoms with van der Waals surface area (Å²) in [6, 6.07) is 0. The Morgan fingerprint density at radius 1 is 1.05 bits per heavy atom. The van der Waals surface area contributed by atoms with E-state index in [0.29, 0.717) is 4.57 Å². The average Bonchev–Trinajstić information content (AvgIpc) is 2.36. The number of halogens is 4. The summed E-state index contributed by atoms with van der Waals surface area (Å²) in [4.78, 5) is 23.4. The molecule has 1 aromatic rings. The molecule has 0 atom stereocenters. The van der Waals surface area contributed by atoms with Gasteiger partial charge in [0.05, 0.1) is 13.1 Å². The molecule has 0 amide bonds. The van der Waals surface area contributed by atoms with Crippen molar-refractivity contribution >= 4 is 22.7 Å². The van der Waals surface area contributed by atoms with E-state index in [0.717, 1.165) is 10.8 Å². The molecule has 1 aromatic heterocycles. The number of hydrogen-bond donors (Lipinski definition) is 1. The Kier molecular flexibility index (Phi) is 8.21. The highest BCUT2D eigenvalue weighted by Crippen LogP contribution is 1.97. The predicted molar refractivity (Wildman–Crippen MR) is 71.7 cm³/mol. The van der Waals surface area contributed by atoms with Gasteiger partial charge in [-0.3, -0.25) is 13.9 Å². The second-order valence-corrected chi connectivity index (χ2v) is 3.47. The van der Waals surface area contributed by atoms with Crippen LogP contribution in [0.2, 0.25) is 0 Å². The summed E-state index contributed by atoms with van der Waals surface area (Å²) in [5.41, 5.74) is -1.56. The van der Waals surface area contributed by atoms with Crippen LogP contribution in [-0.2, 0) is 13.1 Å². The van der Waals surface area contributed by atoms with Crippen molar-refractivity contribution in [2.75, 3.05) is 31.9 Å². The van der Waals surface area contributed by atoms with Gasteiger partial charge in [-0.15, -0.1) is 17.0 Å². The molecule has 0 aliphatic carbocycles. The average molecular weight is 346 g/mol. The van der Waals surface area contributed by atoms with Crippen LogP contribution in [0.15, 0.2) is 15.8 Å². The number of rotatable bonds is 7. The summed E-state index contributed by atoms with van der Waals surface area (Å²) in [6.45, 7) is -3.15. The van der Waals surface area contributed by atoms with Crippen molar-refractivity contribution in [1.82, 2.24) is 9.13 Å². The van der Waals surface area contributed by atoms with Gasteiger partial charge in [-0.1, -0.05) is 0 Å². The van der Waals surface area contributed by atoms with Gasteiger partial charge in [-0.25, -0.2) is 18.0 Å². The molecule has 0 spiro atoms. The van der Waals surface area contributed by atoms with Crippen LogP contribution >= 0.6 is 17.0 Å². The maximum absolute atomic E-state index is 12.3. The molecule has 0 aliphatic heterocycles. The number of nitrogens with one attached hydrogen (secondary N) is 1. The van der Waals surface area contributed by atoms with Crippen LogP contribution < -0.4 is 16.6 Å². The number of anilines is 1. The number of aryl methyl sites for hydroxylation is 1. The van der Waals surface area contributed by atoms with E-state index in [1.165, 1.54) is 0 Å². The third-order valence-electron chi connectivity index (χ3n) is 2.28. The molecule has 0 saturated heterocycles. The van der Waals surface area contributed by atoms with Crippen LogP contribution in [0.5, 0.6) is 0 Å². The molecule has 0 unspecified atom stereocenters. The van der Waals surface area contributed by atoms with E-state index in [4.69, 9.17) is 0 Å². The standard InChI is InChI=1S/C10H14F3N3O2.BrH/c11-1-4-14-8-7-15(5-2-12)10(18)16(6-3-13)9(8)17;/h7,14H,1-6H2;1H. The Balaban J connectivity index is 0.00000324. The van der Waals surface area contributed by atoms with Gasteiger partial charge in [0.25, 0.3) is 5.56 Å². The fourth-order valence-corrected chi connectivity index (χ4v) is 1.49. The Bertz CT molecular complexity index is 504. The second kappa shape index (κ2) is 8.78. The van der Waals surface area contributed by atoms with Crippen LogP contribution in [0.3, 0.4) is 0 Å². The minimum atomic E-state index is -0.892. The van der Waals surface area contributed by atoms with Gasteiger partial charge in [-0.2, -0.15) is 0 Å². The van der Waals surface area contributed by atoms with E-state index in [2.05, 4.69) is 5.32 Å². The van der Waals surface area contributed by atoms with Crippen LogP contribution in [0, 0.1) is 0 Å². The molecule has 0 bridgehead atoms. The predicted octanol–water partition coefficient (Wildman–Crippen LogP) is 0.908. The first-order valence-corrected chi connectivity index (χ1v) is 5.41. The highest BCUT2D eigenvalue weighted by Gasteiger charge is 2.10. The van der Waals surface area contributed by atoms with Gasteiger partial charge in [0, 0.05) is 12.7 Å². The fraction of sp³-hybridized carbons (Fsp3) is 0.600. The first kappa shape index (κ1) is 17.8. The van der Waals surface area contributed by atoms with E-state index in [-0.39, 0.29) is 35.8 Å². The molecule has 5 nitrogen and oxygen atoms in total. The maximum atomic E-state index is 12.3. The van der Waals surface area contributed by atoms with Gasteiger partial charge >= 0.3 is 5.69 Å². The molecule has 1 rings (SSSR count). The van der Waals surface area contributed by atoms with Crippen LogP contribution in [0.1, 0.15) is 0 Å². The molecular weight excluding hydrogens is 331 g/mol. The summed E-state index contributed by atoms with van der Waals surface area (Å²) >= 11 is 0. The van der Waals surface area contributed by atoms with Gasteiger partial charge in [-0.05, 0) is 0 Å². The van der Waals surface area contributed by atoms with Crippen molar-refractivity contribution in [2.45, 2.75) is 13.1 Å². The van der Waals surface area contributed by atoms with E-state index in [1.807, 2.05) is 0 Å². The van der Waals surface area contributed by atoms with Crippen LogP contribution in [-0.4, -0.2) is 35.7 Å². The van der Waals surface area contributed by atoms with Crippen LogP contribution in [0.4, 0.5) is 18.9 Å².